The zero-order valence-electron chi connectivity index (χ0n) is 9.26. The first kappa shape index (κ1) is 12.0. The fourth-order valence-corrected chi connectivity index (χ4v) is 1.72. The Morgan fingerprint density at radius 2 is 1.94 bits per heavy atom. The topological polar surface area (TPSA) is 54.4 Å². The van der Waals surface area contributed by atoms with Gasteiger partial charge in [0.15, 0.2) is 0 Å². The number of hydrogen-bond donors (Lipinski definition) is 1. The highest BCUT2D eigenvalue weighted by Gasteiger charge is 2.12. The molecular weight excluding hydrogens is 235 g/mol. The molecule has 2 rings (SSSR count). The molecule has 2 aromatic rings. The number of halogens is 1. The van der Waals surface area contributed by atoms with E-state index in [1.807, 2.05) is 0 Å². The molecular formula is C14H9FO3. The second-order valence-electron chi connectivity index (χ2n) is 3.74. The van der Waals surface area contributed by atoms with E-state index in [0.29, 0.717) is 17.4 Å². The molecule has 2 aromatic carbocycles. The number of hydrogen-bond acceptors (Lipinski definition) is 2. The van der Waals surface area contributed by atoms with Crippen LogP contribution in [0.4, 0.5) is 4.39 Å². The van der Waals surface area contributed by atoms with Gasteiger partial charge in [-0.15, -0.1) is 0 Å². The summed E-state index contributed by atoms with van der Waals surface area (Å²) < 4.78 is 13.2. The van der Waals surface area contributed by atoms with Crippen molar-refractivity contribution in [3.8, 4) is 11.1 Å². The number of aldehydes is 1. The summed E-state index contributed by atoms with van der Waals surface area (Å²) in [6.07, 6.45) is 0.656. The molecule has 3 nitrogen and oxygen atoms in total. The summed E-state index contributed by atoms with van der Waals surface area (Å²) in [5.41, 5.74) is 1.16. The molecule has 0 saturated heterocycles. The minimum atomic E-state index is -1.14. The Morgan fingerprint density at radius 3 is 2.61 bits per heavy atom. The van der Waals surface area contributed by atoms with Gasteiger partial charge in [-0.2, -0.15) is 0 Å². The molecule has 0 radical (unpaired) electrons. The van der Waals surface area contributed by atoms with E-state index in [4.69, 9.17) is 5.11 Å². The van der Waals surface area contributed by atoms with E-state index in [9.17, 15) is 14.0 Å². The van der Waals surface area contributed by atoms with Gasteiger partial charge in [-0.25, -0.2) is 9.18 Å². The number of carbonyl (C=O) groups is 2. The summed E-state index contributed by atoms with van der Waals surface area (Å²) in [6.45, 7) is 0. The Kier molecular flexibility index (Phi) is 3.19. The number of benzene rings is 2. The zero-order valence-corrected chi connectivity index (χ0v) is 9.26. The van der Waals surface area contributed by atoms with Crippen molar-refractivity contribution in [3.63, 3.8) is 0 Å². The maximum Gasteiger partial charge on any atom is 0.336 e. The van der Waals surface area contributed by atoms with E-state index < -0.39 is 11.8 Å². The first-order valence-electron chi connectivity index (χ1n) is 5.20. The van der Waals surface area contributed by atoms with E-state index in [1.165, 1.54) is 12.1 Å². The van der Waals surface area contributed by atoms with Crippen LogP contribution in [-0.2, 0) is 0 Å². The lowest BCUT2D eigenvalue weighted by Crippen LogP contribution is -2.00. The minimum Gasteiger partial charge on any atom is -0.478 e. The Bertz CT molecular complexity index is 620. The van der Waals surface area contributed by atoms with Crippen LogP contribution in [0.5, 0.6) is 0 Å². The van der Waals surface area contributed by atoms with Gasteiger partial charge in [0.05, 0.1) is 5.56 Å². The second-order valence-corrected chi connectivity index (χ2v) is 3.74. The maximum absolute atomic E-state index is 13.2. The largest absolute Gasteiger partial charge is 0.478 e. The van der Waals surface area contributed by atoms with Crippen LogP contribution in [0.3, 0.4) is 0 Å². The standard InChI is InChI=1S/C14H9FO3/c15-11-4-5-12(14(17)18)13(7-11)10-3-1-2-9(6-10)8-16/h1-8H,(H,17,18). The monoisotopic (exact) mass is 244 g/mol. The number of carboxylic acids is 1. The lowest BCUT2D eigenvalue weighted by molar-refractivity contribution is 0.0697. The molecule has 4 heteroatoms. The van der Waals surface area contributed by atoms with Crippen LogP contribution in [0.25, 0.3) is 11.1 Å². The van der Waals surface area contributed by atoms with E-state index in [-0.39, 0.29) is 11.1 Å². The van der Waals surface area contributed by atoms with Crippen LogP contribution in [0, 0.1) is 5.82 Å². The van der Waals surface area contributed by atoms with Crippen LogP contribution in [-0.4, -0.2) is 17.4 Å². The van der Waals surface area contributed by atoms with Crippen LogP contribution in [0.1, 0.15) is 20.7 Å². The SMILES string of the molecule is O=Cc1cccc(-c2cc(F)ccc2C(=O)O)c1. The molecule has 0 unspecified atom stereocenters. The summed E-state index contributed by atoms with van der Waals surface area (Å²) in [4.78, 5) is 21.8. The van der Waals surface area contributed by atoms with Gasteiger partial charge in [0.25, 0.3) is 0 Å². The molecule has 0 aliphatic rings. The molecule has 0 heterocycles. The van der Waals surface area contributed by atoms with Crippen LogP contribution >= 0.6 is 0 Å². The highest BCUT2D eigenvalue weighted by atomic mass is 19.1. The molecule has 1 N–H and O–H groups in total. The molecule has 0 spiro atoms. The quantitative estimate of drug-likeness (QED) is 0.844. The van der Waals surface area contributed by atoms with Crippen molar-refractivity contribution < 1.29 is 19.1 Å². The highest BCUT2D eigenvalue weighted by Crippen LogP contribution is 2.25. The van der Waals surface area contributed by atoms with E-state index in [0.717, 1.165) is 12.1 Å². The summed E-state index contributed by atoms with van der Waals surface area (Å²) in [5.74, 6) is -1.66. The van der Waals surface area contributed by atoms with Gasteiger partial charge < -0.3 is 5.11 Å². The molecule has 0 aliphatic heterocycles. The lowest BCUT2D eigenvalue weighted by Gasteiger charge is -2.07. The van der Waals surface area contributed by atoms with Crippen molar-refractivity contribution in [2.24, 2.45) is 0 Å². The Hall–Kier alpha value is -2.49. The Morgan fingerprint density at radius 1 is 1.17 bits per heavy atom. The molecule has 0 saturated carbocycles. The number of carbonyl (C=O) groups excluding carboxylic acids is 1. The summed E-state index contributed by atoms with van der Waals surface area (Å²) in [6, 6.07) is 9.82. The van der Waals surface area contributed by atoms with Gasteiger partial charge >= 0.3 is 5.97 Å². The maximum atomic E-state index is 13.2. The fourth-order valence-electron chi connectivity index (χ4n) is 1.72. The van der Waals surface area contributed by atoms with Crippen LogP contribution in [0.15, 0.2) is 42.5 Å². The second kappa shape index (κ2) is 4.79. The van der Waals surface area contributed by atoms with E-state index in [2.05, 4.69) is 0 Å². The smallest absolute Gasteiger partial charge is 0.336 e. The number of carboxylic acid groups (broad SMARTS) is 1. The predicted molar refractivity (Wildman–Crippen MR) is 64.2 cm³/mol. The molecule has 0 atom stereocenters. The van der Waals surface area contributed by atoms with Crippen molar-refractivity contribution in [2.75, 3.05) is 0 Å². The fraction of sp³-hybridized carbons (Fsp3) is 0. The molecule has 90 valence electrons. The Labute approximate surface area is 103 Å². The van der Waals surface area contributed by atoms with Gasteiger partial charge in [0.1, 0.15) is 12.1 Å². The van der Waals surface area contributed by atoms with Crippen molar-refractivity contribution in [2.45, 2.75) is 0 Å². The first-order chi connectivity index (χ1) is 8.61. The van der Waals surface area contributed by atoms with Crippen molar-refractivity contribution >= 4 is 12.3 Å². The molecule has 0 amide bonds. The van der Waals surface area contributed by atoms with Gasteiger partial charge in [-0.1, -0.05) is 18.2 Å². The van der Waals surface area contributed by atoms with Crippen molar-refractivity contribution in [1.82, 2.24) is 0 Å². The van der Waals surface area contributed by atoms with Gasteiger partial charge in [0.2, 0.25) is 0 Å². The number of rotatable bonds is 3. The molecule has 0 bridgehead atoms. The molecule has 0 aliphatic carbocycles. The van der Waals surface area contributed by atoms with Crippen molar-refractivity contribution in [1.29, 1.82) is 0 Å². The zero-order chi connectivity index (χ0) is 13.1. The first-order valence-corrected chi connectivity index (χ1v) is 5.20. The molecule has 18 heavy (non-hydrogen) atoms. The normalized spacial score (nSPS) is 10.1. The van der Waals surface area contributed by atoms with E-state index >= 15 is 0 Å². The Balaban J connectivity index is 2.64. The van der Waals surface area contributed by atoms with E-state index in [1.54, 1.807) is 18.2 Å². The summed E-state index contributed by atoms with van der Waals surface area (Å²) in [5, 5.41) is 9.05. The third kappa shape index (κ3) is 2.27. The van der Waals surface area contributed by atoms with Crippen LogP contribution in [0.2, 0.25) is 0 Å². The van der Waals surface area contributed by atoms with Crippen LogP contribution < -0.4 is 0 Å². The molecule has 0 fully saturated rings. The summed E-state index contributed by atoms with van der Waals surface area (Å²) in [7, 11) is 0. The van der Waals surface area contributed by atoms with Crippen molar-refractivity contribution in [3.05, 3.63) is 59.4 Å². The predicted octanol–water partition coefficient (Wildman–Crippen LogP) is 3.00. The minimum absolute atomic E-state index is 0.000510. The third-order valence-electron chi connectivity index (χ3n) is 2.55. The number of aromatic carboxylic acids is 1. The van der Waals surface area contributed by atoms with Gasteiger partial charge in [-0.05, 0) is 35.4 Å². The van der Waals surface area contributed by atoms with Gasteiger partial charge in [0, 0.05) is 5.56 Å². The average Bonchev–Trinajstić information content (AvgIpc) is 2.38. The highest BCUT2D eigenvalue weighted by molar-refractivity contribution is 5.96. The lowest BCUT2D eigenvalue weighted by atomic mass is 9.98. The summed E-state index contributed by atoms with van der Waals surface area (Å²) >= 11 is 0. The van der Waals surface area contributed by atoms with Gasteiger partial charge in [-0.3, -0.25) is 4.79 Å². The third-order valence-corrected chi connectivity index (χ3v) is 2.55. The average molecular weight is 244 g/mol. The molecule has 0 aromatic heterocycles.